The van der Waals surface area contributed by atoms with Gasteiger partial charge in [-0.2, -0.15) is 0 Å². The van der Waals surface area contributed by atoms with E-state index >= 15 is 0 Å². The number of benzene rings is 1. The molecular formula is C15H17F2N5O. The quantitative estimate of drug-likeness (QED) is 0.713. The zero-order valence-corrected chi connectivity index (χ0v) is 12.5. The normalized spacial score (nSPS) is 11.6. The maximum absolute atomic E-state index is 13.2. The monoisotopic (exact) mass is 321 g/mol. The van der Waals surface area contributed by atoms with Gasteiger partial charge in [0, 0.05) is 25.5 Å². The Morgan fingerprint density at radius 1 is 1.22 bits per heavy atom. The number of carbonyl (C=O) groups is 1. The second-order valence-corrected chi connectivity index (χ2v) is 4.81. The van der Waals surface area contributed by atoms with Crippen LogP contribution in [0, 0.1) is 11.6 Å². The van der Waals surface area contributed by atoms with Gasteiger partial charge >= 0.3 is 6.03 Å². The molecule has 0 aliphatic heterocycles. The summed E-state index contributed by atoms with van der Waals surface area (Å²) in [6.07, 6.45) is 4.70. The first-order valence-electron chi connectivity index (χ1n) is 7.05. The number of halogens is 2. The van der Waals surface area contributed by atoms with Gasteiger partial charge in [0.2, 0.25) is 0 Å². The molecule has 0 saturated carbocycles. The maximum atomic E-state index is 13.2. The Labute approximate surface area is 132 Å². The lowest BCUT2D eigenvalue weighted by Gasteiger charge is -2.15. The van der Waals surface area contributed by atoms with Crippen LogP contribution in [-0.2, 0) is 0 Å². The molecule has 122 valence electrons. The number of aromatic nitrogens is 2. The second kappa shape index (κ2) is 8.02. The lowest BCUT2D eigenvalue weighted by molar-refractivity contribution is 0.238. The van der Waals surface area contributed by atoms with E-state index in [1.807, 2.05) is 0 Å². The van der Waals surface area contributed by atoms with Crippen molar-refractivity contribution in [3.8, 4) is 0 Å². The van der Waals surface area contributed by atoms with Crippen LogP contribution in [0.15, 0.2) is 36.8 Å². The molecule has 1 aromatic carbocycles. The van der Waals surface area contributed by atoms with Gasteiger partial charge in [0.15, 0.2) is 11.6 Å². The Kier molecular flexibility index (Phi) is 5.79. The zero-order chi connectivity index (χ0) is 16.7. The third-order valence-corrected chi connectivity index (χ3v) is 3.07. The van der Waals surface area contributed by atoms with E-state index in [1.54, 1.807) is 25.5 Å². The van der Waals surface area contributed by atoms with Crippen LogP contribution in [0.2, 0.25) is 0 Å². The van der Waals surface area contributed by atoms with Crippen LogP contribution in [0.4, 0.5) is 19.4 Å². The Hall–Kier alpha value is -2.77. The maximum Gasteiger partial charge on any atom is 0.315 e. The molecule has 1 aromatic heterocycles. The van der Waals surface area contributed by atoms with E-state index in [-0.39, 0.29) is 0 Å². The Bertz CT molecular complexity index is 654. The van der Waals surface area contributed by atoms with Gasteiger partial charge in [-0.1, -0.05) is 6.07 Å². The Morgan fingerprint density at radius 2 is 2.04 bits per heavy atom. The third-order valence-electron chi connectivity index (χ3n) is 3.07. The van der Waals surface area contributed by atoms with E-state index in [4.69, 9.17) is 0 Å². The molecule has 0 spiro atoms. The summed E-state index contributed by atoms with van der Waals surface area (Å²) in [4.78, 5) is 19.7. The summed E-state index contributed by atoms with van der Waals surface area (Å²) in [7, 11) is 0. The third kappa shape index (κ3) is 5.17. The highest BCUT2D eigenvalue weighted by Crippen LogP contribution is 2.15. The molecule has 0 fully saturated rings. The molecule has 1 atom stereocenters. The molecule has 3 N–H and O–H groups in total. The van der Waals surface area contributed by atoms with E-state index in [1.165, 1.54) is 6.07 Å². The average molecular weight is 321 g/mol. The molecule has 2 amide bonds. The van der Waals surface area contributed by atoms with E-state index in [2.05, 4.69) is 25.9 Å². The summed E-state index contributed by atoms with van der Waals surface area (Å²) in [6, 6.07) is 2.68. The number of hydrogen-bond acceptors (Lipinski definition) is 4. The molecule has 2 rings (SSSR count). The van der Waals surface area contributed by atoms with Crippen molar-refractivity contribution in [1.29, 1.82) is 0 Å². The number of hydrogen-bond donors (Lipinski definition) is 3. The minimum atomic E-state index is -0.940. The van der Waals surface area contributed by atoms with Crippen LogP contribution < -0.4 is 16.0 Å². The summed E-state index contributed by atoms with van der Waals surface area (Å²) in [5, 5.41) is 8.29. The number of rotatable bonds is 6. The predicted octanol–water partition coefficient (Wildman–Crippen LogP) is 2.23. The number of amides is 2. The van der Waals surface area contributed by atoms with Gasteiger partial charge in [-0.15, -0.1) is 0 Å². The highest BCUT2D eigenvalue weighted by atomic mass is 19.2. The molecule has 0 bridgehead atoms. The second-order valence-electron chi connectivity index (χ2n) is 4.81. The van der Waals surface area contributed by atoms with Crippen LogP contribution in [0.5, 0.6) is 0 Å². The number of anilines is 1. The molecule has 0 aliphatic rings. The van der Waals surface area contributed by atoms with Crippen molar-refractivity contribution in [2.45, 2.75) is 13.0 Å². The van der Waals surface area contributed by atoms with Gasteiger partial charge in [-0.3, -0.25) is 4.98 Å². The van der Waals surface area contributed by atoms with Crippen molar-refractivity contribution in [1.82, 2.24) is 20.6 Å². The topological polar surface area (TPSA) is 78.9 Å². The Morgan fingerprint density at radius 3 is 2.74 bits per heavy atom. The first kappa shape index (κ1) is 16.6. The molecular weight excluding hydrogens is 304 g/mol. The average Bonchev–Trinajstić information content (AvgIpc) is 2.55. The van der Waals surface area contributed by atoms with Gasteiger partial charge in [-0.05, 0) is 24.6 Å². The molecule has 0 unspecified atom stereocenters. The van der Waals surface area contributed by atoms with Crippen LogP contribution >= 0.6 is 0 Å². The smallest absolute Gasteiger partial charge is 0.315 e. The van der Waals surface area contributed by atoms with Gasteiger partial charge in [0.05, 0.1) is 12.2 Å². The minimum Gasteiger partial charge on any atom is -0.367 e. The van der Waals surface area contributed by atoms with Gasteiger partial charge < -0.3 is 16.0 Å². The van der Waals surface area contributed by atoms with Crippen LogP contribution in [0.1, 0.15) is 18.5 Å². The SMILES string of the molecule is C[C@@H](NC(=O)NCCNc1cnccn1)c1ccc(F)c(F)c1. The van der Waals surface area contributed by atoms with Crippen LogP contribution in [0.3, 0.4) is 0 Å². The first-order chi connectivity index (χ1) is 11.1. The summed E-state index contributed by atoms with van der Waals surface area (Å²) in [6.45, 7) is 2.53. The predicted molar refractivity (Wildman–Crippen MR) is 81.8 cm³/mol. The van der Waals surface area contributed by atoms with Crippen molar-refractivity contribution in [3.63, 3.8) is 0 Å². The van der Waals surface area contributed by atoms with E-state index in [0.29, 0.717) is 24.5 Å². The lowest BCUT2D eigenvalue weighted by atomic mass is 10.1. The summed E-state index contributed by atoms with van der Waals surface area (Å²) >= 11 is 0. The number of nitrogens with zero attached hydrogens (tertiary/aromatic N) is 2. The van der Waals surface area contributed by atoms with Crippen molar-refractivity contribution in [2.75, 3.05) is 18.4 Å². The van der Waals surface area contributed by atoms with E-state index < -0.39 is 23.7 Å². The Balaban J connectivity index is 1.72. The fraction of sp³-hybridized carbons (Fsp3) is 0.267. The van der Waals surface area contributed by atoms with Crippen molar-refractivity contribution >= 4 is 11.8 Å². The fourth-order valence-corrected chi connectivity index (χ4v) is 1.87. The van der Waals surface area contributed by atoms with E-state index in [9.17, 15) is 13.6 Å². The standard InChI is InChI=1S/C15H17F2N5O/c1-10(11-2-3-12(16)13(17)8-11)22-15(23)21-7-6-20-14-9-18-4-5-19-14/h2-5,8-10H,6-7H2,1H3,(H,19,20)(H2,21,22,23)/t10-/m1/s1. The van der Waals surface area contributed by atoms with Gasteiger partial charge in [0.25, 0.3) is 0 Å². The van der Waals surface area contributed by atoms with Crippen molar-refractivity contribution < 1.29 is 13.6 Å². The van der Waals surface area contributed by atoms with Crippen LogP contribution in [0.25, 0.3) is 0 Å². The largest absolute Gasteiger partial charge is 0.367 e. The highest BCUT2D eigenvalue weighted by molar-refractivity contribution is 5.74. The van der Waals surface area contributed by atoms with Crippen LogP contribution in [-0.4, -0.2) is 29.1 Å². The number of carbonyl (C=O) groups excluding carboxylic acids is 1. The minimum absolute atomic E-state index is 0.368. The molecule has 6 nitrogen and oxygen atoms in total. The molecule has 23 heavy (non-hydrogen) atoms. The number of nitrogens with one attached hydrogen (secondary N) is 3. The first-order valence-corrected chi connectivity index (χ1v) is 7.05. The van der Waals surface area contributed by atoms with Crippen molar-refractivity contribution in [3.05, 3.63) is 54.0 Å². The molecule has 0 aliphatic carbocycles. The molecule has 2 aromatic rings. The fourth-order valence-electron chi connectivity index (χ4n) is 1.87. The molecule has 8 heteroatoms. The zero-order valence-electron chi connectivity index (χ0n) is 12.5. The summed E-state index contributed by atoms with van der Waals surface area (Å²) in [5.41, 5.74) is 0.483. The van der Waals surface area contributed by atoms with E-state index in [0.717, 1.165) is 12.1 Å². The van der Waals surface area contributed by atoms with Gasteiger partial charge in [0.1, 0.15) is 5.82 Å². The number of urea groups is 1. The molecule has 1 heterocycles. The van der Waals surface area contributed by atoms with Crippen molar-refractivity contribution in [2.24, 2.45) is 0 Å². The highest BCUT2D eigenvalue weighted by Gasteiger charge is 2.11. The lowest BCUT2D eigenvalue weighted by Crippen LogP contribution is -2.39. The molecule has 0 radical (unpaired) electrons. The summed E-state index contributed by atoms with van der Waals surface area (Å²) in [5.74, 6) is -1.24. The van der Waals surface area contributed by atoms with Gasteiger partial charge in [-0.25, -0.2) is 18.6 Å². The summed E-state index contributed by atoms with van der Waals surface area (Å²) < 4.78 is 26.0. The molecule has 0 saturated heterocycles.